The fourth-order valence-electron chi connectivity index (χ4n) is 2.26. The number of aryl methyl sites for hydroxylation is 1. The van der Waals surface area contributed by atoms with Gasteiger partial charge >= 0.3 is 0 Å². The maximum atomic E-state index is 4.34. The van der Waals surface area contributed by atoms with Crippen molar-refractivity contribution >= 4 is 17.3 Å². The highest BCUT2D eigenvalue weighted by atomic mass is 32.1. The Bertz CT molecular complexity index is 806. The molecule has 0 aliphatic carbocycles. The first kappa shape index (κ1) is 16.2. The van der Waals surface area contributed by atoms with Gasteiger partial charge < -0.3 is 10.6 Å². The number of guanidine groups is 1. The van der Waals surface area contributed by atoms with Crippen LogP contribution in [0.15, 0.2) is 53.9 Å². The first-order valence-electron chi connectivity index (χ1n) is 7.69. The molecule has 3 aromatic rings. The molecule has 0 unspecified atom stereocenters. The van der Waals surface area contributed by atoms with Crippen molar-refractivity contribution < 1.29 is 0 Å². The zero-order chi connectivity index (χ0) is 16.8. The Kier molecular flexibility index (Phi) is 5.22. The molecule has 0 saturated heterocycles. The van der Waals surface area contributed by atoms with Crippen molar-refractivity contribution in [3.05, 3.63) is 64.2 Å². The lowest BCUT2D eigenvalue weighted by atomic mass is 10.2. The number of thiophene rings is 1. The predicted octanol–water partition coefficient (Wildman–Crippen LogP) is 2.50. The molecule has 3 rings (SSSR count). The van der Waals surface area contributed by atoms with Crippen molar-refractivity contribution in [1.29, 1.82) is 0 Å². The van der Waals surface area contributed by atoms with Crippen molar-refractivity contribution in [3.8, 4) is 5.82 Å². The van der Waals surface area contributed by atoms with Crippen LogP contribution in [0.5, 0.6) is 0 Å². The van der Waals surface area contributed by atoms with Gasteiger partial charge in [-0.3, -0.25) is 4.99 Å². The molecule has 2 N–H and O–H groups in total. The standard InChI is InChI=1S/C17H20N6S/c1-13-4-5-15(24-13)12-21-17(18-2)20-11-14-6-8-19-16(10-14)23-9-3-7-22-23/h3-10H,11-12H2,1-2H3,(H2,18,20,21). The molecule has 0 atom stereocenters. The van der Waals surface area contributed by atoms with E-state index in [9.17, 15) is 0 Å². The third kappa shape index (κ3) is 4.20. The Labute approximate surface area is 145 Å². The molecular formula is C17H20N6S. The minimum Gasteiger partial charge on any atom is -0.352 e. The number of hydrogen-bond acceptors (Lipinski definition) is 4. The van der Waals surface area contributed by atoms with E-state index in [1.165, 1.54) is 9.75 Å². The number of pyridine rings is 1. The first-order valence-corrected chi connectivity index (χ1v) is 8.51. The van der Waals surface area contributed by atoms with Gasteiger partial charge in [-0.2, -0.15) is 5.10 Å². The van der Waals surface area contributed by atoms with E-state index in [4.69, 9.17) is 0 Å². The maximum Gasteiger partial charge on any atom is 0.191 e. The molecular weight excluding hydrogens is 320 g/mol. The van der Waals surface area contributed by atoms with E-state index in [2.05, 4.69) is 44.8 Å². The van der Waals surface area contributed by atoms with Crippen molar-refractivity contribution in [2.24, 2.45) is 4.99 Å². The lowest BCUT2D eigenvalue weighted by Gasteiger charge is -2.11. The van der Waals surface area contributed by atoms with Crippen molar-refractivity contribution in [3.63, 3.8) is 0 Å². The fourth-order valence-corrected chi connectivity index (χ4v) is 3.09. The summed E-state index contributed by atoms with van der Waals surface area (Å²) in [5.41, 5.74) is 1.12. The van der Waals surface area contributed by atoms with Crippen molar-refractivity contribution in [2.75, 3.05) is 7.05 Å². The smallest absolute Gasteiger partial charge is 0.191 e. The average Bonchev–Trinajstić information content (AvgIpc) is 3.27. The van der Waals surface area contributed by atoms with Crippen LogP contribution >= 0.6 is 11.3 Å². The van der Waals surface area contributed by atoms with Gasteiger partial charge in [-0.25, -0.2) is 9.67 Å². The normalized spacial score (nSPS) is 11.5. The summed E-state index contributed by atoms with van der Waals surface area (Å²) in [6, 6.07) is 10.1. The Hall–Kier alpha value is -2.67. The van der Waals surface area contributed by atoms with Gasteiger partial charge in [0.2, 0.25) is 0 Å². The molecule has 7 heteroatoms. The van der Waals surface area contributed by atoms with Crippen LogP contribution in [0.1, 0.15) is 15.3 Å². The molecule has 0 radical (unpaired) electrons. The van der Waals surface area contributed by atoms with Gasteiger partial charge in [0.25, 0.3) is 0 Å². The number of nitrogens with one attached hydrogen (secondary N) is 2. The second-order valence-electron chi connectivity index (χ2n) is 5.26. The van der Waals surface area contributed by atoms with Crippen LogP contribution in [0.25, 0.3) is 5.82 Å². The summed E-state index contributed by atoms with van der Waals surface area (Å²) < 4.78 is 1.75. The van der Waals surface area contributed by atoms with Gasteiger partial charge in [-0.1, -0.05) is 0 Å². The molecule has 3 aromatic heterocycles. The minimum absolute atomic E-state index is 0.667. The number of nitrogens with zero attached hydrogens (tertiary/aromatic N) is 4. The lowest BCUT2D eigenvalue weighted by molar-refractivity contribution is 0.805. The van der Waals surface area contributed by atoms with E-state index in [1.54, 1.807) is 35.5 Å². The molecule has 0 amide bonds. The second-order valence-corrected chi connectivity index (χ2v) is 6.64. The Balaban J connectivity index is 1.56. The first-order chi connectivity index (χ1) is 11.7. The van der Waals surface area contributed by atoms with Gasteiger partial charge in [0, 0.05) is 41.9 Å². The molecule has 0 saturated carbocycles. The van der Waals surface area contributed by atoms with Crippen LogP contribution in [-0.4, -0.2) is 27.8 Å². The summed E-state index contributed by atoms with van der Waals surface area (Å²) in [5.74, 6) is 1.58. The zero-order valence-corrected chi connectivity index (χ0v) is 14.5. The molecule has 0 aliphatic heterocycles. The van der Waals surface area contributed by atoms with Crippen LogP contribution in [0.2, 0.25) is 0 Å². The van der Waals surface area contributed by atoms with E-state index in [0.29, 0.717) is 6.54 Å². The van der Waals surface area contributed by atoms with Crippen LogP contribution < -0.4 is 10.6 Å². The minimum atomic E-state index is 0.667. The van der Waals surface area contributed by atoms with E-state index in [1.807, 2.05) is 24.4 Å². The van der Waals surface area contributed by atoms with Gasteiger partial charge in [0.05, 0.1) is 6.54 Å². The Morgan fingerprint density at radius 3 is 2.79 bits per heavy atom. The summed E-state index contributed by atoms with van der Waals surface area (Å²) in [7, 11) is 1.77. The van der Waals surface area contributed by atoms with Crippen LogP contribution in [-0.2, 0) is 13.1 Å². The quantitative estimate of drug-likeness (QED) is 0.553. The SMILES string of the molecule is CN=C(NCc1ccnc(-n2cccn2)c1)NCc1ccc(C)s1. The third-order valence-electron chi connectivity index (χ3n) is 3.46. The Morgan fingerprint density at radius 1 is 1.21 bits per heavy atom. The summed E-state index contributed by atoms with van der Waals surface area (Å²) >= 11 is 1.79. The van der Waals surface area contributed by atoms with Crippen molar-refractivity contribution in [2.45, 2.75) is 20.0 Å². The highest BCUT2D eigenvalue weighted by molar-refractivity contribution is 7.11. The van der Waals surface area contributed by atoms with Crippen LogP contribution in [0, 0.1) is 6.92 Å². The molecule has 0 aliphatic rings. The molecule has 3 heterocycles. The largest absolute Gasteiger partial charge is 0.352 e. The van der Waals surface area contributed by atoms with Gasteiger partial charge in [-0.05, 0) is 42.8 Å². The maximum absolute atomic E-state index is 4.34. The summed E-state index contributed by atoms with van der Waals surface area (Å²) in [6.45, 7) is 3.55. The number of rotatable bonds is 5. The zero-order valence-electron chi connectivity index (χ0n) is 13.7. The van der Waals surface area contributed by atoms with E-state index in [0.717, 1.165) is 23.9 Å². The summed E-state index contributed by atoms with van der Waals surface area (Å²) in [5, 5.41) is 10.9. The predicted molar refractivity (Wildman–Crippen MR) is 97.5 cm³/mol. The lowest BCUT2D eigenvalue weighted by Crippen LogP contribution is -2.36. The van der Waals surface area contributed by atoms with E-state index in [-0.39, 0.29) is 0 Å². The summed E-state index contributed by atoms with van der Waals surface area (Å²) in [6.07, 6.45) is 5.41. The topological polar surface area (TPSA) is 67.1 Å². The van der Waals surface area contributed by atoms with Crippen molar-refractivity contribution in [1.82, 2.24) is 25.4 Å². The Morgan fingerprint density at radius 2 is 2.08 bits per heavy atom. The number of hydrogen-bond donors (Lipinski definition) is 2. The van der Waals surface area contributed by atoms with Gasteiger partial charge in [-0.15, -0.1) is 11.3 Å². The van der Waals surface area contributed by atoms with E-state index < -0.39 is 0 Å². The van der Waals surface area contributed by atoms with Crippen LogP contribution in [0.4, 0.5) is 0 Å². The molecule has 0 bridgehead atoms. The molecule has 6 nitrogen and oxygen atoms in total. The molecule has 0 fully saturated rings. The molecule has 24 heavy (non-hydrogen) atoms. The van der Waals surface area contributed by atoms with Crippen LogP contribution in [0.3, 0.4) is 0 Å². The van der Waals surface area contributed by atoms with E-state index >= 15 is 0 Å². The fraction of sp³-hybridized carbons (Fsp3) is 0.235. The third-order valence-corrected chi connectivity index (χ3v) is 4.46. The molecule has 124 valence electrons. The number of aromatic nitrogens is 3. The number of aliphatic imine (C=N–C) groups is 1. The molecule has 0 spiro atoms. The van der Waals surface area contributed by atoms with Gasteiger partial charge in [0.1, 0.15) is 0 Å². The van der Waals surface area contributed by atoms with Gasteiger partial charge in [0.15, 0.2) is 11.8 Å². The average molecular weight is 340 g/mol. The highest BCUT2D eigenvalue weighted by Gasteiger charge is 2.03. The molecule has 0 aromatic carbocycles. The monoisotopic (exact) mass is 340 g/mol. The summed E-state index contributed by atoms with van der Waals surface area (Å²) in [4.78, 5) is 11.2. The highest BCUT2D eigenvalue weighted by Crippen LogP contribution is 2.14. The second kappa shape index (κ2) is 7.74.